The van der Waals surface area contributed by atoms with Crippen LogP contribution in [-0.4, -0.2) is 0 Å². The number of hydrogen-bond donors (Lipinski definition) is 1. The van der Waals surface area contributed by atoms with Gasteiger partial charge < -0.3 is 5.32 Å². The van der Waals surface area contributed by atoms with Crippen LogP contribution in [0.5, 0.6) is 0 Å². The highest BCUT2D eigenvalue weighted by molar-refractivity contribution is 5.85. The molecular weight excluding hydrogens is 193 g/mol. The summed E-state index contributed by atoms with van der Waals surface area (Å²) in [5.41, 5.74) is 2.71. The molecule has 0 atom stereocenters. The van der Waals surface area contributed by atoms with Gasteiger partial charge >= 0.3 is 0 Å². The zero-order chi connectivity index (χ0) is 6.81. The molecule has 1 N–H and O–H groups in total. The predicted molar refractivity (Wildman–Crippen MR) is 56.8 cm³/mol. The Balaban J connectivity index is 0.000000605. The van der Waals surface area contributed by atoms with Crippen LogP contribution in [0.3, 0.4) is 0 Å². The molecule has 1 aliphatic heterocycles. The fraction of sp³-hybridized carbons (Fsp3) is 0.111. The Bertz CT molecular complexity index is 271. The summed E-state index contributed by atoms with van der Waals surface area (Å²) < 4.78 is 0. The maximum Gasteiger partial charge on any atom is 0.0401 e. The van der Waals surface area contributed by atoms with Crippen molar-refractivity contribution in [3.8, 4) is 0 Å². The lowest BCUT2D eigenvalue weighted by atomic mass is 10.1. The molecule has 0 spiro atoms. The lowest BCUT2D eigenvalue weighted by Crippen LogP contribution is -2.09. The summed E-state index contributed by atoms with van der Waals surface area (Å²) in [5, 5.41) is 3.16. The molecule has 1 aromatic carbocycles. The van der Waals surface area contributed by atoms with Gasteiger partial charge in [-0.1, -0.05) is 24.3 Å². The average molecular weight is 204 g/mol. The molecule has 0 fully saturated rings. The van der Waals surface area contributed by atoms with Gasteiger partial charge in [0.15, 0.2) is 0 Å². The summed E-state index contributed by atoms with van der Waals surface area (Å²) >= 11 is 0. The molecule has 0 saturated heterocycles. The number of rotatable bonds is 0. The first-order chi connectivity index (χ1) is 4.97. The van der Waals surface area contributed by atoms with Crippen LogP contribution < -0.4 is 5.32 Å². The third-order valence-electron chi connectivity index (χ3n) is 1.73. The van der Waals surface area contributed by atoms with Crippen LogP contribution in [0.1, 0.15) is 11.1 Å². The summed E-state index contributed by atoms with van der Waals surface area (Å²) in [7, 11) is 0. The van der Waals surface area contributed by atoms with Gasteiger partial charge in [0.2, 0.25) is 0 Å². The van der Waals surface area contributed by atoms with E-state index in [4.69, 9.17) is 0 Å². The van der Waals surface area contributed by atoms with E-state index >= 15 is 0 Å². The second-order valence-electron chi connectivity index (χ2n) is 2.41. The van der Waals surface area contributed by atoms with Gasteiger partial charge in [-0.15, -0.1) is 24.8 Å². The van der Waals surface area contributed by atoms with E-state index in [1.807, 2.05) is 6.20 Å². The van der Waals surface area contributed by atoms with Crippen molar-refractivity contribution in [1.29, 1.82) is 0 Å². The standard InChI is InChI=1S/C9H9N.2ClH/c1-2-4-9-7-10-6-5-8(9)3-1;;/h1-6,10H,7H2;2*1H. The molecule has 1 nitrogen and oxygen atoms in total. The number of hydrogen-bond acceptors (Lipinski definition) is 1. The fourth-order valence-electron chi connectivity index (χ4n) is 1.18. The van der Waals surface area contributed by atoms with E-state index in [9.17, 15) is 0 Å². The van der Waals surface area contributed by atoms with Crippen LogP contribution in [0.2, 0.25) is 0 Å². The normalized spacial score (nSPS) is 11.7. The lowest BCUT2D eigenvalue weighted by molar-refractivity contribution is 0.859. The minimum Gasteiger partial charge on any atom is -0.387 e. The van der Waals surface area contributed by atoms with Crippen LogP contribution >= 0.6 is 24.8 Å². The summed E-state index contributed by atoms with van der Waals surface area (Å²) in [6, 6.07) is 8.41. The molecule has 0 aromatic heterocycles. The highest BCUT2D eigenvalue weighted by Crippen LogP contribution is 2.12. The van der Waals surface area contributed by atoms with Crippen molar-refractivity contribution in [2.75, 3.05) is 0 Å². The van der Waals surface area contributed by atoms with Gasteiger partial charge in [-0.3, -0.25) is 0 Å². The number of fused-ring (bicyclic) bond motifs is 1. The number of halogens is 2. The van der Waals surface area contributed by atoms with Crippen LogP contribution in [0.25, 0.3) is 6.08 Å². The van der Waals surface area contributed by atoms with Gasteiger partial charge in [0.05, 0.1) is 0 Å². The van der Waals surface area contributed by atoms with Crippen molar-refractivity contribution in [2.24, 2.45) is 0 Å². The first kappa shape index (κ1) is 11.3. The fourth-order valence-corrected chi connectivity index (χ4v) is 1.18. The number of nitrogens with one attached hydrogen (secondary N) is 1. The third-order valence-corrected chi connectivity index (χ3v) is 1.73. The molecule has 3 heteroatoms. The van der Waals surface area contributed by atoms with E-state index in [1.54, 1.807) is 0 Å². The second-order valence-corrected chi connectivity index (χ2v) is 2.41. The maximum atomic E-state index is 3.16. The van der Waals surface area contributed by atoms with E-state index in [2.05, 4.69) is 35.7 Å². The Morgan fingerprint density at radius 1 is 1.08 bits per heavy atom. The molecule has 1 aliphatic rings. The SMILES string of the molecule is C1=Cc2ccccc2CN1.Cl.Cl. The summed E-state index contributed by atoms with van der Waals surface area (Å²) in [6.45, 7) is 0.965. The lowest BCUT2D eigenvalue weighted by Gasteiger charge is -2.10. The van der Waals surface area contributed by atoms with Crippen LogP contribution in [0, 0.1) is 0 Å². The van der Waals surface area contributed by atoms with Crippen LogP contribution in [0.15, 0.2) is 30.5 Å². The molecule has 0 amide bonds. The van der Waals surface area contributed by atoms with Gasteiger partial charge in [-0.2, -0.15) is 0 Å². The number of benzene rings is 1. The first-order valence-electron chi connectivity index (χ1n) is 3.45. The van der Waals surface area contributed by atoms with Crippen molar-refractivity contribution in [3.05, 3.63) is 41.6 Å². The highest BCUT2D eigenvalue weighted by Gasteiger charge is 1.99. The Kier molecular flexibility index (Phi) is 4.79. The minimum absolute atomic E-state index is 0. The van der Waals surface area contributed by atoms with E-state index in [1.165, 1.54) is 11.1 Å². The Labute approximate surface area is 84.7 Å². The second kappa shape index (κ2) is 5.07. The average Bonchev–Trinajstić information content (AvgIpc) is 2.05. The van der Waals surface area contributed by atoms with E-state index in [0.29, 0.717) is 0 Å². The van der Waals surface area contributed by atoms with Gasteiger partial charge in [0.1, 0.15) is 0 Å². The summed E-state index contributed by atoms with van der Waals surface area (Å²) in [6.07, 6.45) is 4.08. The third kappa shape index (κ3) is 2.16. The smallest absolute Gasteiger partial charge is 0.0401 e. The minimum atomic E-state index is 0. The van der Waals surface area contributed by atoms with Crippen molar-refractivity contribution in [2.45, 2.75) is 6.54 Å². The Morgan fingerprint density at radius 3 is 2.58 bits per heavy atom. The Hall–Kier alpha value is -0.660. The van der Waals surface area contributed by atoms with Gasteiger partial charge in [-0.05, 0) is 23.4 Å². The molecule has 1 aromatic rings. The quantitative estimate of drug-likeness (QED) is 0.684. The van der Waals surface area contributed by atoms with Gasteiger partial charge in [0.25, 0.3) is 0 Å². The monoisotopic (exact) mass is 203 g/mol. The predicted octanol–water partition coefficient (Wildman–Crippen LogP) is 2.60. The van der Waals surface area contributed by atoms with Crippen molar-refractivity contribution in [3.63, 3.8) is 0 Å². The van der Waals surface area contributed by atoms with Gasteiger partial charge in [0, 0.05) is 6.54 Å². The highest BCUT2D eigenvalue weighted by atomic mass is 35.5. The van der Waals surface area contributed by atoms with Crippen molar-refractivity contribution in [1.82, 2.24) is 5.32 Å². The summed E-state index contributed by atoms with van der Waals surface area (Å²) in [4.78, 5) is 0. The molecule has 0 aliphatic carbocycles. The van der Waals surface area contributed by atoms with Crippen molar-refractivity contribution >= 4 is 30.9 Å². The molecule has 66 valence electrons. The van der Waals surface area contributed by atoms with Crippen LogP contribution in [-0.2, 0) is 6.54 Å². The zero-order valence-corrected chi connectivity index (χ0v) is 8.12. The van der Waals surface area contributed by atoms with Crippen LogP contribution in [0.4, 0.5) is 0 Å². The maximum absolute atomic E-state index is 3.16. The first-order valence-corrected chi connectivity index (χ1v) is 3.45. The molecule has 2 rings (SSSR count). The molecule has 1 heterocycles. The van der Waals surface area contributed by atoms with Crippen molar-refractivity contribution < 1.29 is 0 Å². The Morgan fingerprint density at radius 2 is 1.83 bits per heavy atom. The van der Waals surface area contributed by atoms with Gasteiger partial charge in [-0.25, -0.2) is 0 Å². The molecule has 12 heavy (non-hydrogen) atoms. The zero-order valence-electron chi connectivity index (χ0n) is 6.49. The molecule has 0 radical (unpaired) electrons. The molecule has 0 bridgehead atoms. The van der Waals surface area contributed by atoms with E-state index in [0.717, 1.165) is 6.54 Å². The molecule has 0 unspecified atom stereocenters. The van der Waals surface area contributed by atoms with E-state index < -0.39 is 0 Å². The summed E-state index contributed by atoms with van der Waals surface area (Å²) in [5.74, 6) is 0. The molecule has 0 saturated carbocycles. The largest absolute Gasteiger partial charge is 0.387 e. The molecular formula is C9H11Cl2N. The topological polar surface area (TPSA) is 12.0 Å². The van der Waals surface area contributed by atoms with E-state index in [-0.39, 0.29) is 24.8 Å².